The lowest BCUT2D eigenvalue weighted by molar-refractivity contribution is 0.304. The Labute approximate surface area is 118 Å². The molecular weight excluding hydrogens is 300 g/mol. The molecule has 0 N–H and O–H groups in total. The standard InChI is InChI=1S/C14H20BrClO/c1-2-3-4-5-6-9-17-13-7-8-14(15)12(10-13)11-16/h7-8,10H,2-6,9,11H2,1H3. The molecule has 0 atom stereocenters. The zero-order chi connectivity index (χ0) is 12.5. The smallest absolute Gasteiger partial charge is 0.119 e. The van der Waals surface area contributed by atoms with E-state index in [0.717, 1.165) is 28.8 Å². The van der Waals surface area contributed by atoms with Gasteiger partial charge in [-0.1, -0.05) is 48.5 Å². The van der Waals surface area contributed by atoms with Crippen molar-refractivity contribution in [3.8, 4) is 5.75 Å². The van der Waals surface area contributed by atoms with Gasteiger partial charge in [-0.15, -0.1) is 11.6 Å². The van der Waals surface area contributed by atoms with Gasteiger partial charge in [0.2, 0.25) is 0 Å². The number of rotatable bonds is 8. The van der Waals surface area contributed by atoms with E-state index in [1.165, 1.54) is 25.7 Å². The van der Waals surface area contributed by atoms with Crippen LogP contribution >= 0.6 is 27.5 Å². The molecule has 1 aromatic carbocycles. The van der Waals surface area contributed by atoms with Gasteiger partial charge in [-0.25, -0.2) is 0 Å². The Balaban J connectivity index is 2.27. The molecule has 0 aliphatic rings. The number of hydrogen-bond donors (Lipinski definition) is 0. The normalized spacial score (nSPS) is 10.5. The van der Waals surface area contributed by atoms with E-state index < -0.39 is 0 Å². The first-order chi connectivity index (χ1) is 8.27. The van der Waals surface area contributed by atoms with Crippen LogP contribution in [0.2, 0.25) is 0 Å². The largest absolute Gasteiger partial charge is 0.494 e. The highest BCUT2D eigenvalue weighted by Crippen LogP contribution is 2.24. The summed E-state index contributed by atoms with van der Waals surface area (Å²) in [7, 11) is 0. The molecule has 0 amide bonds. The topological polar surface area (TPSA) is 9.23 Å². The second-order valence-electron chi connectivity index (χ2n) is 4.15. The van der Waals surface area contributed by atoms with Gasteiger partial charge in [0.25, 0.3) is 0 Å². The summed E-state index contributed by atoms with van der Waals surface area (Å²) in [6, 6.07) is 5.97. The number of ether oxygens (including phenoxy) is 1. The quantitative estimate of drug-likeness (QED) is 0.452. The molecule has 0 saturated heterocycles. The van der Waals surface area contributed by atoms with Crippen molar-refractivity contribution in [2.24, 2.45) is 0 Å². The third-order valence-corrected chi connectivity index (χ3v) is 3.74. The monoisotopic (exact) mass is 318 g/mol. The summed E-state index contributed by atoms with van der Waals surface area (Å²) in [6.45, 7) is 3.03. The van der Waals surface area contributed by atoms with E-state index in [9.17, 15) is 0 Å². The molecule has 0 bridgehead atoms. The molecule has 0 aromatic heterocycles. The number of alkyl halides is 1. The van der Waals surface area contributed by atoms with Gasteiger partial charge < -0.3 is 4.74 Å². The molecule has 0 radical (unpaired) electrons. The van der Waals surface area contributed by atoms with Crippen molar-refractivity contribution >= 4 is 27.5 Å². The molecule has 1 nitrogen and oxygen atoms in total. The molecule has 0 saturated carbocycles. The van der Waals surface area contributed by atoms with Crippen LogP contribution in [0.3, 0.4) is 0 Å². The molecule has 0 aliphatic carbocycles. The summed E-state index contributed by atoms with van der Waals surface area (Å²) >= 11 is 9.30. The second kappa shape index (κ2) is 8.82. The third kappa shape index (κ3) is 5.78. The van der Waals surface area contributed by atoms with Crippen LogP contribution in [0, 0.1) is 0 Å². The van der Waals surface area contributed by atoms with E-state index >= 15 is 0 Å². The molecule has 3 heteroatoms. The predicted molar refractivity (Wildman–Crippen MR) is 78.0 cm³/mol. The van der Waals surface area contributed by atoms with Crippen molar-refractivity contribution < 1.29 is 4.74 Å². The summed E-state index contributed by atoms with van der Waals surface area (Å²) in [5, 5.41) is 0. The molecule has 1 rings (SSSR count). The van der Waals surface area contributed by atoms with E-state index in [2.05, 4.69) is 22.9 Å². The molecule has 17 heavy (non-hydrogen) atoms. The Hall–Kier alpha value is -0.210. The van der Waals surface area contributed by atoms with Crippen LogP contribution in [0.4, 0.5) is 0 Å². The minimum atomic E-state index is 0.508. The molecule has 0 aliphatic heterocycles. The molecule has 0 spiro atoms. The van der Waals surface area contributed by atoms with E-state index in [1.54, 1.807) is 0 Å². The van der Waals surface area contributed by atoms with Gasteiger partial charge in [0.05, 0.1) is 6.61 Å². The zero-order valence-corrected chi connectivity index (χ0v) is 12.7. The summed E-state index contributed by atoms with van der Waals surface area (Å²) in [5.41, 5.74) is 1.08. The number of benzene rings is 1. The fourth-order valence-corrected chi connectivity index (χ4v) is 2.41. The lowest BCUT2D eigenvalue weighted by atomic mass is 10.2. The Kier molecular flexibility index (Phi) is 7.70. The lowest BCUT2D eigenvalue weighted by Crippen LogP contribution is -1.98. The molecule has 0 fully saturated rings. The maximum absolute atomic E-state index is 5.84. The van der Waals surface area contributed by atoms with E-state index in [1.807, 2.05) is 18.2 Å². The summed E-state index contributed by atoms with van der Waals surface area (Å²) < 4.78 is 6.75. The summed E-state index contributed by atoms with van der Waals surface area (Å²) in [6.07, 6.45) is 6.31. The van der Waals surface area contributed by atoms with Crippen molar-refractivity contribution in [2.75, 3.05) is 6.61 Å². The maximum atomic E-state index is 5.84. The third-order valence-electron chi connectivity index (χ3n) is 2.68. The van der Waals surface area contributed by atoms with Gasteiger partial charge >= 0.3 is 0 Å². The molecular formula is C14H20BrClO. The SMILES string of the molecule is CCCCCCCOc1ccc(Br)c(CCl)c1. The Bertz CT molecular complexity index is 328. The fourth-order valence-electron chi connectivity index (χ4n) is 1.64. The van der Waals surface area contributed by atoms with Crippen molar-refractivity contribution in [3.05, 3.63) is 28.2 Å². The van der Waals surface area contributed by atoms with Crippen LogP contribution in [0.15, 0.2) is 22.7 Å². The highest BCUT2D eigenvalue weighted by Gasteiger charge is 2.01. The van der Waals surface area contributed by atoms with Crippen LogP contribution in [-0.4, -0.2) is 6.61 Å². The fraction of sp³-hybridized carbons (Fsp3) is 0.571. The van der Waals surface area contributed by atoms with Crippen LogP contribution in [0.1, 0.15) is 44.6 Å². The van der Waals surface area contributed by atoms with Gasteiger partial charge in [-0.3, -0.25) is 0 Å². The van der Waals surface area contributed by atoms with E-state index in [0.29, 0.717) is 5.88 Å². The van der Waals surface area contributed by atoms with Crippen molar-refractivity contribution in [2.45, 2.75) is 44.9 Å². The first-order valence-corrected chi connectivity index (χ1v) is 7.58. The Morgan fingerprint density at radius 1 is 1.18 bits per heavy atom. The number of hydrogen-bond acceptors (Lipinski definition) is 1. The van der Waals surface area contributed by atoms with Crippen LogP contribution in [-0.2, 0) is 5.88 Å². The first-order valence-electron chi connectivity index (χ1n) is 6.25. The van der Waals surface area contributed by atoms with E-state index in [4.69, 9.17) is 16.3 Å². The average Bonchev–Trinajstić information content (AvgIpc) is 2.35. The Morgan fingerprint density at radius 2 is 1.94 bits per heavy atom. The Morgan fingerprint density at radius 3 is 2.65 bits per heavy atom. The van der Waals surface area contributed by atoms with Crippen molar-refractivity contribution in [3.63, 3.8) is 0 Å². The van der Waals surface area contributed by atoms with Gasteiger partial charge in [-0.05, 0) is 30.2 Å². The molecule has 0 heterocycles. The van der Waals surface area contributed by atoms with Crippen molar-refractivity contribution in [1.29, 1.82) is 0 Å². The highest BCUT2D eigenvalue weighted by molar-refractivity contribution is 9.10. The van der Waals surface area contributed by atoms with E-state index in [-0.39, 0.29) is 0 Å². The minimum absolute atomic E-state index is 0.508. The van der Waals surface area contributed by atoms with Crippen LogP contribution < -0.4 is 4.74 Å². The van der Waals surface area contributed by atoms with Crippen molar-refractivity contribution in [1.82, 2.24) is 0 Å². The zero-order valence-electron chi connectivity index (χ0n) is 10.3. The van der Waals surface area contributed by atoms with Crippen LogP contribution in [0.5, 0.6) is 5.75 Å². The lowest BCUT2D eigenvalue weighted by Gasteiger charge is -2.08. The maximum Gasteiger partial charge on any atom is 0.119 e. The van der Waals surface area contributed by atoms with Crippen LogP contribution in [0.25, 0.3) is 0 Å². The molecule has 96 valence electrons. The van der Waals surface area contributed by atoms with Gasteiger partial charge in [-0.2, -0.15) is 0 Å². The molecule has 0 unspecified atom stereocenters. The number of unbranched alkanes of at least 4 members (excludes halogenated alkanes) is 4. The second-order valence-corrected chi connectivity index (χ2v) is 5.27. The van der Waals surface area contributed by atoms with Gasteiger partial charge in [0.1, 0.15) is 5.75 Å². The summed E-state index contributed by atoms with van der Waals surface area (Å²) in [4.78, 5) is 0. The number of halogens is 2. The summed E-state index contributed by atoms with van der Waals surface area (Å²) in [5.74, 6) is 1.42. The molecule has 1 aromatic rings. The highest BCUT2D eigenvalue weighted by atomic mass is 79.9. The first kappa shape index (κ1) is 14.8. The average molecular weight is 320 g/mol. The predicted octanol–water partition coefficient (Wildman–Crippen LogP) is 5.54. The minimum Gasteiger partial charge on any atom is -0.494 e. The van der Waals surface area contributed by atoms with Gasteiger partial charge in [0, 0.05) is 10.4 Å². The van der Waals surface area contributed by atoms with Gasteiger partial charge in [0.15, 0.2) is 0 Å².